The molecule has 0 aliphatic heterocycles. The molecular weight excluding hydrogens is 248 g/mol. The zero-order chi connectivity index (χ0) is 14.4. The summed E-state index contributed by atoms with van der Waals surface area (Å²) in [5.74, 6) is 0.693. The number of amides is 1. The molecule has 3 heteroatoms. The molecule has 1 aliphatic carbocycles. The van der Waals surface area contributed by atoms with Crippen molar-refractivity contribution in [1.82, 2.24) is 5.32 Å². The van der Waals surface area contributed by atoms with Gasteiger partial charge in [-0.05, 0) is 44.2 Å². The summed E-state index contributed by atoms with van der Waals surface area (Å²) in [7, 11) is 0. The normalized spacial score (nSPS) is 16.9. The molecule has 1 atom stereocenters. The molecule has 20 heavy (non-hydrogen) atoms. The van der Waals surface area contributed by atoms with Crippen molar-refractivity contribution in [2.24, 2.45) is 5.92 Å². The molecule has 2 N–H and O–H groups in total. The first-order chi connectivity index (χ1) is 9.72. The molecular formula is C17H26N2O. The van der Waals surface area contributed by atoms with Gasteiger partial charge in [0.1, 0.15) is 0 Å². The van der Waals surface area contributed by atoms with Crippen LogP contribution in [0, 0.1) is 5.92 Å². The first-order valence-electron chi connectivity index (χ1n) is 7.86. The number of benzene rings is 1. The maximum absolute atomic E-state index is 12.4. The molecule has 1 saturated carbocycles. The van der Waals surface area contributed by atoms with Crippen LogP contribution in [0.25, 0.3) is 0 Å². The number of anilines is 1. The number of nitrogens with one attached hydrogen (secondary N) is 2. The largest absolute Gasteiger partial charge is 0.384 e. The Hall–Kier alpha value is -1.51. The van der Waals surface area contributed by atoms with Crippen LogP contribution in [-0.2, 0) is 0 Å². The lowest BCUT2D eigenvalue weighted by atomic mass is 9.99. The van der Waals surface area contributed by atoms with Gasteiger partial charge < -0.3 is 10.6 Å². The summed E-state index contributed by atoms with van der Waals surface area (Å²) in [6.07, 6.45) is 6.15. The van der Waals surface area contributed by atoms with E-state index in [-0.39, 0.29) is 11.9 Å². The van der Waals surface area contributed by atoms with E-state index in [1.54, 1.807) is 0 Å². The summed E-state index contributed by atoms with van der Waals surface area (Å²) in [5.41, 5.74) is 1.69. The number of hydrogen-bond donors (Lipinski definition) is 2. The quantitative estimate of drug-likeness (QED) is 0.828. The topological polar surface area (TPSA) is 41.1 Å². The van der Waals surface area contributed by atoms with E-state index in [4.69, 9.17) is 0 Å². The van der Waals surface area contributed by atoms with Crippen molar-refractivity contribution in [2.45, 2.75) is 52.0 Å². The molecule has 110 valence electrons. The van der Waals surface area contributed by atoms with Crippen molar-refractivity contribution < 1.29 is 4.79 Å². The number of para-hydroxylation sites is 1. The third-order valence-corrected chi connectivity index (χ3v) is 4.20. The molecule has 0 spiro atoms. The second-order valence-electron chi connectivity index (χ2n) is 5.78. The molecule has 1 amide bonds. The van der Waals surface area contributed by atoms with E-state index in [1.807, 2.05) is 24.3 Å². The van der Waals surface area contributed by atoms with Crippen LogP contribution < -0.4 is 10.6 Å². The van der Waals surface area contributed by atoms with Crippen molar-refractivity contribution in [1.29, 1.82) is 0 Å². The molecule has 1 aromatic rings. The van der Waals surface area contributed by atoms with Gasteiger partial charge in [-0.3, -0.25) is 4.79 Å². The lowest BCUT2D eigenvalue weighted by Crippen LogP contribution is -2.37. The average molecular weight is 274 g/mol. The summed E-state index contributed by atoms with van der Waals surface area (Å²) in [4.78, 5) is 12.4. The molecule has 0 aromatic heterocycles. The molecule has 1 fully saturated rings. The van der Waals surface area contributed by atoms with Gasteiger partial charge >= 0.3 is 0 Å². The standard InChI is InChI=1S/C17H26N2O/c1-3-12-18-16-11-7-6-10-15(16)17(20)19-13(2)14-8-4-5-9-14/h6-7,10-11,13-14,18H,3-5,8-9,12H2,1-2H3,(H,19,20). The van der Waals surface area contributed by atoms with Gasteiger partial charge in [0, 0.05) is 18.3 Å². The summed E-state index contributed by atoms with van der Waals surface area (Å²) in [5, 5.41) is 6.50. The third-order valence-electron chi connectivity index (χ3n) is 4.20. The smallest absolute Gasteiger partial charge is 0.253 e. The number of carbonyl (C=O) groups is 1. The second kappa shape index (κ2) is 7.32. The average Bonchev–Trinajstić information content (AvgIpc) is 2.99. The first kappa shape index (κ1) is 14.9. The highest BCUT2D eigenvalue weighted by atomic mass is 16.1. The van der Waals surface area contributed by atoms with Crippen molar-refractivity contribution in [2.75, 3.05) is 11.9 Å². The highest BCUT2D eigenvalue weighted by Gasteiger charge is 2.23. The number of carbonyl (C=O) groups excluding carboxylic acids is 1. The van der Waals surface area contributed by atoms with Crippen molar-refractivity contribution in [3.63, 3.8) is 0 Å². The Morgan fingerprint density at radius 3 is 2.70 bits per heavy atom. The highest BCUT2D eigenvalue weighted by molar-refractivity contribution is 5.99. The van der Waals surface area contributed by atoms with Gasteiger partial charge in [-0.15, -0.1) is 0 Å². The minimum atomic E-state index is 0.0450. The van der Waals surface area contributed by atoms with Crippen molar-refractivity contribution in [3.8, 4) is 0 Å². The fourth-order valence-corrected chi connectivity index (χ4v) is 2.95. The maximum Gasteiger partial charge on any atom is 0.253 e. The van der Waals surface area contributed by atoms with Gasteiger partial charge in [-0.2, -0.15) is 0 Å². The SMILES string of the molecule is CCCNc1ccccc1C(=O)NC(C)C1CCCC1. The van der Waals surface area contributed by atoms with Crippen LogP contribution in [0.5, 0.6) is 0 Å². The van der Waals surface area contributed by atoms with E-state index in [2.05, 4.69) is 24.5 Å². The van der Waals surface area contributed by atoms with Crippen LogP contribution in [0.1, 0.15) is 56.3 Å². The highest BCUT2D eigenvalue weighted by Crippen LogP contribution is 2.27. The van der Waals surface area contributed by atoms with Crippen LogP contribution >= 0.6 is 0 Å². The Kier molecular flexibility index (Phi) is 5.45. The Morgan fingerprint density at radius 1 is 1.30 bits per heavy atom. The molecule has 0 saturated heterocycles. The summed E-state index contributed by atoms with van der Waals surface area (Å²) in [6.45, 7) is 5.15. The van der Waals surface area contributed by atoms with E-state index < -0.39 is 0 Å². The maximum atomic E-state index is 12.4. The van der Waals surface area contributed by atoms with E-state index in [9.17, 15) is 4.79 Å². The molecule has 2 rings (SSSR count). The minimum absolute atomic E-state index is 0.0450. The van der Waals surface area contributed by atoms with E-state index in [0.717, 1.165) is 24.2 Å². The molecule has 0 heterocycles. The minimum Gasteiger partial charge on any atom is -0.384 e. The third kappa shape index (κ3) is 3.75. The Balaban J connectivity index is 2.00. The van der Waals surface area contributed by atoms with E-state index in [1.165, 1.54) is 25.7 Å². The van der Waals surface area contributed by atoms with Gasteiger partial charge in [-0.25, -0.2) is 0 Å². The molecule has 1 aromatic carbocycles. The zero-order valence-electron chi connectivity index (χ0n) is 12.6. The summed E-state index contributed by atoms with van der Waals surface area (Å²) in [6, 6.07) is 8.03. The van der Waals surface area contributed by atoms with Crippen LogP contribution in [0.2, 0.25) is 0 Å². The zero-order valence-corrected chi connectivity index (χ0v) is 12.6. The second-order valence-corrected chi connectivity index (χ2v) is 5.78. The Bertz CT molecular complexity index is 438. The number of rotatable bonds is 6. The summed E-state index contributed by atoms with van der Waals surface area (Å²) >= 11 is 0. The molecule has 0 radical (unpaired) electrons. The molecule has 1 aliphatic rings. The van der Waals surface area contributed by atoms with Gasteiger partial charge in [0.05, 0.1) is 5.56 Å². The summed E-state index contributed by atoms with van der Waals surface area (Å²) < 4.78 is 0. The lowest BCUT2D eigenvalue weighted by Gasteiger charge is -2.21. The molecule has 1 unspecified atom stereocenters. The van der Waals surface area contributed by atoms with Gasteiger partial charge in [-0.1, -0.05) is 31.9 Å². The Labute approximate surface area is 122 Å². The van der Waals surface area contributed by atoms with E-state index >= 15 is 0 Å². The fourth-order valence-electron chi connectivity index (χ4n) is 2.95. The Morgan fingerprint density at radius 2 is 2.00 bits per heavy atom. The lowest BCUT2D eigenvalue weighted by molar-refractivity contribution is 0.0928. The van der Waals surface area contributed by atoms with Crippen LogP contribution in [-0.4, -0.2) is 18.5 Å². The van der Waals surface area contributed by atoms with Crippen LogP contribution in [0.15, 0.2) is 24.3 Å². The van der Waals surface area contributed by atoms with E-state index in [0.29, 0.717) is 5.92 Å². The van der Waals surface area contributed by atoms with Crippen molar-refractivity contribution >= 4 is 11.6 Å². The predicted octanol–water partition coefficient (Wildman–Crippen LogP) is 3.82. The predicted molar refractivity (Wildman–Crippen MR) is 84.1 cm³/mol. The number of hydrogen-bond acceptors (Lipinski definition) is 2. The van der Waals surface area contributed by atoms with Gasteiger partial charge in [0.15, 0.2) is 0 Å². The monoisotopic (exact) mass is 274 g/mol. The van der Waals surface area contributed by atoms with Crippen LogP contribution in [0.4, 0.5) is 5.69 Å². The molecule has 0 bridgehead atoms. The first-order valence-corrected chi connectivity index (χ1v) is 7.86. The molecule has 3 nitrogen and oxygen atoms in total. The van der Waals surface area contributed by atoms with Gasteiger partial charge in [0.25, 0.3) is 5.91 Å². The fraction of sp³-hybridized carbons (Fsp3) is 0.588. The van der Waals surface area contributed by atoms with Crippen molar-refractivity contribution in [3.05, 3.63) is 29.8 Å². The van der Waals surface area contributed by atoms with Gasteiger partial charge in [0.2, 0.25) is 0 Å². The van der Waals surface area contributed by atoms with Crippen LogP contribution in [0.3, 0.4) is 0 Å².